The topological polar surface area (TPSA) is 51.2 Å². The molecule has 20 heavy (non-hydrogen) atoms. The minimum absolute atomic E-state index is 0.538. The Hall–Kier alpha value is -1.81. The summed E-state index contributed by atoms with van der Waals surface area (Å²) >= 11 is 0. The maximum atomic E-state index is 7.65. The monoisotopic (exact) mass is 272 g/mol. The molecule has 1 aromatic carbocycles. The first kappa shape index (κ1) is 14.6. The van der Waals surface area contributed by atoms with E-state index < -0.39 is 0 Å². The molecule has 1 atom stereocenters. The quantitative estimate of drug-likeness (QED) is 0.698. The van der Waals surface area contributed by atoms with Crippen LogP contribution in [0.3, 0.4) is 0 Å². The van der Waals surface area contributed by atoms with Gasteiger partial charge in [-0.15, -0.1) is 0 Å². The number of likely N-dealkylation sites (N-methyl/N-ethyl adjacent to an activating group) is 1. The number of benzene rings is 1. The molecule has 0 aromatic heterocycles. The summed E-state index contributed by atoms with van der Waals surface area (Å²) in [6.07, 6.45) is 4.35. The summed E-state index contributed by atoms with van der Waals surface area (Å²) in [4.78, 5) is 2.39. The third kappa shape index (κ3) is 4.38. The Balaban J connectivity index is 1.95. The molecule has 2 rings (SSSR count). The van der Waals surface area contributed by atoms with Crippen LogP contribution in [0.25, 0.3) is 0 Å². The molecule has 0 spiro atoms. The van der Waals surface area contributed by atoms with Gasteiger partial charge in [0.2, 0.25) is 0 Å². The Labute approximate surface area is 121 Å². The number of hydrogen-bond donors (Lipinski definition) is 3. The number of para-hydroxylation sites is 1. The summed E-state index contributed by atoms with van der Waals surface area (Å²) in [6, 6.07) is 10.6. The Bertz CT molecular complexity index is 467. The average Bonchev–Trinajstić information content (AvgIpc) is 2.82. The van der Waals surface area contributed by atoms with Gasteiger partial charge >= 0.3 is 0 Å². The molecule has 0 amide bonds. The first-order valence-electron chi connectivity index (χ1n) is 7.18. The van der Waals surface area contributed by atoms with Gasteiger partial charge in [0.05, 0.1) is 0 Å². The molecule has 1 unspecified atom stereocenters. The molecule has 1 saturated heterocycles. The predicted molar refractivity (Wildman–Crippen MR) is 85.2 cm³/mol. The van der Waals surface area contributed by atoms with Gasteiger partial charge in [-0.1, -0.05) is 18.2 Å². The number of nitrogens with one attached hydrogen (secondary N) is 3. The van der Waals surface area contributed by atoms with Crippen molar-refractivity contribution >= 4 is 11.4 Å². The zero-order chi connectivity index (χ0) is 14.4. The van der Waals surface area contributed by atoms with Crippen LogP contribution >= 0.6 is 0 Å². The molecule has 3 N–H and O–H groups in total. The highest BCUT2D eigenvalue weighted by atomic mass is 15.2. The Morgan fingerprint density at radius 1 is 1.40 bits per heavy atom. The summed E-state index contributed by atoms with van der Waals surface area (Å²) < 4.78 is 0. The van der Waals surface area contributed by atoms with Crippen molar-refractivity contribution in [2.75, 3.05) is 25.5 Å². The highest BCUT2D eigenvalue weighted by Gasteiger charge is 2.20. The molecule has 4 heteroatoms. The van der Waals surface area contributed by atoms with Crippen molar-refractivity contribution in [1.82, 2.24) is 10.2 Å². The third-order valence-electron chi connectivity index (χ3n) is 3.61. The van der Waals surface area contributed by atoms with Gasteiger partial charge in [-0.2, -0.15) is 0 Å². The summed E-state index contributed by atoms with van der Waals surface area (Å²) in [7, 11) is 2.18. The van der Waals surface area contributed by atoms with Gasteiger partial charge < -0.3 is 20.9 Å². The molecule has 0 bridgehead atoms. The van der Waals surface area contributed by atoms with Crippen LogP contribution in [-0.4, -0.2) is 36.8 Å². The SMILES string of the molecule is CC(=N)/C=C(/NCC1CCCN1C)Nc1ccccc1. The highest BCUT2D eigenvalue weighted by molar-refractivity contribution is 5.90. The Kier molecular flexibility index (Phi) is 5.18. The lowest BCUT2D eigenvalue weighted by Crippen LogP contribution is -2.36. The maximum absolute atomic E-state index is 7.65. The number of likely N-dealkylation sites (tertiary alicyclic amines) is 1. The van der Waals surface area contributed by atoms with Crippen LogP contribution in [0.1, 0.15) is 19.8 Å². The van der Waals surface area contributed by atoms with Crippen LogP contribution in [0.4, 0.5) is 5.69 Å². The highest BCUT2D eigenvalue weighted by Crippen LogP contribution is 2.14. The van der Waals surface area contributed by atoms with Crippen LogP contribution < -0.4 is 10.6 Å². The van der Waals surface area contributed by atoms with Gasteiger partial charge in [0, 0.05) is 24.0 Å². The van der Waals surface area contributed by atoms with Gasteiger partial charge in [0.25, 0.3) is 0 Å². The maximum Gasteiger partial charge on any atom is 0.105 e. The minimum Gasteiger partial charge on any atom is -0.370 e. The van der Waals surface area contributed by atoms with Crippen molar-refractivity contribution in [3.63, 3.8) is 0 Å². The normalized spacial score (nSPS) is 19.9. The average molecular weight is 272 g/mol. The minimum atomic E-state index is 0.538. The fourth-order valence-corrected chi connectivity index (χ4v) is 2.49. The molecule has 1 heterocycles. The number of nitrogens with zero attached hydrogens (tertiary/aromatic N) is 1. The van der Waals surface area contributed by atoms with E-state index >= 15 is 0 Å². The number of hydrogen-bond acceptors (Lipinski definition) is 4. The Morgan fingerprint density at radius 3 is 2.75 bits per heavy atom. The van der Waals surface area contributed by atoms with Crippen molar-refractivity contribution in [1.29, 1.82) is 5.41 Å². The molecular weight excluding hydrogens is 248 g/mol. The lowest BCUT2D eigenvalue weighted by atomic mass is 10.2. The van der Waals surface area contributed by atoms with Crippen molar-refractivity contribution in [3.8, 4) is 0 Å². The van der Waals surface area contributed by atoms with Gasteiger partial charge in [-0.3, -0.25) is 0 Å². The largest absolute Gasteiger partial charge is 0.370 e. The van der Waals surface area contributed by atoms with Crippen molar-refractivity contribution in [3.05, 3.63) is 42.2 Å². The second-order valence-electron chi connectivity index (χ2n) is 5.39. The number of allylic oxidation sites excluding steroid dienone is 1. The van der Waals surface area contributed by atoms with E-state index in [1.54, 1.807) is 6.92 Å². The first-order valence-corrected chi connectivity index (χ1v) is 7.18. The van der Waals surface area contributed by atoms with Crippen LogP contribution in [0, 0.1) is 5.41 Å². The van der Waals surface area contributed by atoms with Crippen LogP contribution in [-0.2, 0) is 0 Å². The molecule has 1 aliphatic rings. The van der Waals surface area contributed by atoms with Gasteiger partial charge in [-0.05, 0) is 51.6 Å². The molecule has 1 aliphatic heterocycles. The number of rotatable bonds is 6. The third-order valence-corrected chi connectivity index (χ3v) is 3.61. The van der Waals surface area contributed by atoms with E-state index in [-0.39, 0.29) is 0 Å². The zero-order valence-corrected chi connectivity index (χ0v) is 12.3. The van der Waals surface area contributed by atoms with Gasteiger partial charge in [0.1, 0.15) is 5.82 Å². The molecule has 0 saturated carbocycles. The van der Waals surface area contributed by atoms with Gasteiger partial charge in [0.15, 0.2) is 0 Å². The zero-order valence-electron chi connectivity index (χ0n) is 12.3. The van der Waals surface area contributed by atoms with Gasteiger partial charge in [-0.25, -0.2) is 0 Å². The van der Waals surface area contributed by atoms with Crippen molar-refractivity contribution in [2.24, 2.45) is 0 Å². The molecule has 1 fully saturated rings. The van der Waals surface area contributed by atoms with Crippen LogP contribution in [0.5, 0.6) is 0 Å². The number of anilines is 1. The summed E-state index contributed by atoms with van der Waals surface area (Å²) in [6.45, 7) is 3.88. The molecule has 0 aliphatic carbocycles. The molecule has 108 valence electrons. The second kappa shape index (κ2) is 7.10. The Morgan fingerprint density at radius 2 is 2.15 bits per heavy atom. The van der Waals surface area contributed by atoms with Crippen LogP contribution in [0.2, 0.25) is 0 Å². The summed E-state index contributed by atoms with van der Waals surface area (Å²) in [5.41, 5.74) is 1.57. The first-order chi connectivity index (χ1) is 9.65. The molecule has 0 radical (unpaired) electrons. The molecule has 4 nitrogen and oxygen atoms in total. The smallest absolute Gasteiger partial charge is 0.105 e. The predicted octanol–water partition coefficient (Wildman–Crippen LogP) is 2.66. The fraction of sp³-hybridized carbons (Fsp3) is 0.438. The van der Waals surface area contributed by atoms with Crippen molar-refractivity contribution in [2.45, 2.75) is 25.8 Å². The van der Waals surface area contributed by atoms with E-state index in [0.717, 1.165) is 18.1 Å². The van der Waals surface area contributed by atoms with E-state index in [1.807, 2.05) is 36.4 Å². The standard InChI is InChI=1S/C16H24N4/c1-13(17)11-16(19-14-7-4-3-5-8-14)18-12-15-9-6-10-20(15)2/h3-5,7-8,11,15,17-19H,6,9-10,12H2,1-2H3/b16-11-,17-13?. The molecule has 1 aromatic rings. The van der Waals surface area contributed by atoms with Crippen LogP contribution in [0.15, 0.2) is 42.2 Å². The fourth-order valence-electron chi connectivity index (χ4n) is 2.49. The van der Waals surface area contributed by atoms with E-state index in [4.69, 9.17) is 5.41 Å². The van der Waals surface area contributed by atoms with E-state index in [9.17, 15) is 0 Å². The van der Waals surface area contributed by atoms with E-state index in [1.165, 1.54) is 19.4 Å². The van der Waals surface area contributed by atoms with E-state index in [2.05, 4.69) is 22.6 Å². The van der Waals surface area contributed by atoms with E-state index in [0.29, 0.717) is 11.8 Å². The van der Waals surface area contributed by atoms with Crippen molar-refractivity contribution < 1.29 is 0 Å². The lowest BCUT2D eigenvalue weighted by molar-refractivity contribution is 0.306. The molecular formula is C16H24N4. The lowest BCUT2D eigenvalue weighted by Gasteiger charge is -2.22. The summed E-state index contributed by atoms with van der Waals surface area (Å²) in [5, 5.41) is 14.4. The second-order valence-corrected chi connectivity index (χ2v) is 5.39. The summed E-state index contributed by atoms with van der Waals surface area (Å²) in [5.74, 6) is 0.893.